The molecule has 3 nitrogen and oxygen atoms in total. The van der Waals surface area contributed by atoms with Crippen LogP contribution < -0.4 is 5.32 Å². The first-order chi connectivity index (χ1) is 13.6. The molecule has 0 fully saturated rings. The Kier molecular flexibility index (Phi) is 4.78. The van der Waals surface area contributed by atoms with Gasteiger partial charge in [-0.25, -0.2) is 0 Å². The number of aryl methyl sites for hydroxylation is 1. The van der Waals surface area contributed by atoms with Gasteiger partial charge < -0.3 is 10.2 Å². The lowest BCUT2D eigenvalue weighted by atomic mass is 9.87. The SMILES string of the molecule is CN1C2=C(CCN([C@@H]3CCc4cccc(Cl)c4C3)C2)NC1c1ccccc1Cl. The van der Waals surface area contributed by atoms with Gasteiger partial charge >= 0.3 is 0 Å². The van der Waals surface area contributed by atoms with Crippen molar-refractivity contribution in [3.63, 3.8) is 0 Å². The summed E-state index contributed by atoms with van der Waals surface area (Å²) in [6, 6.07) is 15.0. The Hall–Kier alpha value is -1.68. The number of fused-ring (bicyclic) bond motifs is 1. The average molecular weight is 414 g/mol. The molecule has 5 heteroatoms. The molecular weight excluding hydrogens is 389 g/mol. The minimum Gasteiger partial charge on any atom is -0.363 e. The monoisotopic (exact) mass is 413 g/mol. The highest BCUT2D eigenvalue weighted by Gasteiger charge is 2.36. The summed E-state index contributed by atoms with van der Waals surface area (Å²) in [6.45, 7) is 2.09. The van der Waals surface area contributed by atoms with Crippen LogP contribution in [0.3, 0.4) is 0 Å². The molecule has 2 aromatic rings. The second kappa shape index (κ2) is 7.29. The Morgan fingerprint density at radius 2 is 1.82 bits per heavy atom. The van der Waals surface area contributed by atoms with Crippen LogP contribution in [-0.4, -0.2) is 36.0 Å². The summed E-state index contributed by atoms with van der Waals surface area (Å²) in [5.74, 6) is 0. The molecular formula is C23H25Cl2N3. The Balaban J connectivity index is 1.33. The normalized spacial score (nSPS) is 24.8. The molecule has 28 heavy (non-hydrogen) atoms. The van der Waals surface area contributed by atoms with Gasteiger partial charge in [0.15, 0.2) is 0 Å². The molecule has 0 spiro atoms. The van der Waals surface area contributed by atoms with Crippen LogP contribution in [-0.2, 0) is 12.8 Å². The molecule has 3 aliphatic rings. The Morgan fingerprint density at radius 3 is 2.68 bits per heavy atom. The highest BCUT2D eigenvalue weighted by molar-refractivity contribution is 6.31. The number of rotatable bonds is 2. The third-order valence-corrected chi connectivity index (χ3v) is 7.29. The molecule has 0 saturated heterocycles. The first-order valence-electron chi connectivity index (χ1n) is 10.1. The van der Waals surface area contributed by atoms with E-state index in [1.165, 1.54) is 28.9 Å². The van der Waals surface area contributed by atoms with Gasteiger partial charge in [-0.1, -0.05) is 53.5 Å². The predicted molar refractivity (Wildman–Crippen MR) is 116 cm³/mol. The van der Waals surface area contributed by atoms with Crippen LogP contribution in [0.1, 0.15) is 35.7 Å². The summed E-state index contributed by atoms with van der Waals surface area (Å²) in [5, 5.41) is 5.47. The van der Waals surface area contributed by atoms with Crippen LogP contribution in [0.25, 0.3) is 0 Å². The summed E-state index contributed by atoms with van der Waals surface area (Å²) >= 11 is 13.0. The third-order valence-electron chi connectivity index (χ3n) is 6.59. The zero-order valence-electron chi connectivity index (χ0n) is 16.1. The maximum Gasteiger partial charge on any atom is 0.126 e. The number of hydrogen-bond acceptors (Lipinski definition) is 3. The van der Waals surface area contributed by atoms with E-state index < -0.39 is 0 Å². The molecule has 2 aromatic carbocycles. The second-order valence-electron chi connectivity index (χ2n) is 8.10. The highest BCUT2D eigenvalue weighted by atomic mass is 35.5. The number of nitrogens with zero attached hydrogens (tertiary/aromatic N) is 2. The fraction of sp³-hybridized carbons (Fsp3) is 0.391. The van der Waals surface area contributed by atoms with E-state index in [0.29, 0.717) is 6.04 Å². The van der Waals surface area contributed by atoms with Gasteiger partial charge in [-0.2, -0.15) is 0 Å². The van der Waals surface area contributed by atoms with E-state index in [9.17, 15) is 0 Å². The average Bonchev–Trinajstić information content (AvgIpc) is 3.04. The summed E-state index contributed by atoms with van der Waals surface area (Å²) in [4.78, 5) is 5.02. The van der Waals surface area contributed by atoms with Crippen molar-refractivity contribution in [2.24, 2.45) is 0 Å². The fourth-order valence-electron chi connectivity index (χ4n) is 5.00. The molecule has 2 heterocycles. The van der Waals surface area contributed by atoms with Crippen molar-refractivity contribution in [3.8, 4) is 0 Å². The van der Waals surface area contributed by atoms with Gasteiger partial charge in [-0.15, -0.1) is 0 Å². The van der Waals surface area contributed by atoms with Gasteiger partial charge in [0.25, 0.3) is 0 Å². The van der Waals surface area contributed by atoms with Crippen LogP contribution >= 0.6 is 23.2 Å². The van der Waals surface area contributed by atoms with E-state index in [2.05, 4.69) is 46.4 Å². The van der Waals surface area contributed by atoms with Crippen molar-refractivity contribution < 1.29 is 0 Å². The summed E-state index contributed by atoms with van der Waals surface area (Å²) in [7, 11) is 2.18. The molecule has 2 aliphatic heterocycles. The van der Waals surface area contributed by atoms with Crippen molar-refractivity contribution in [1.82, 2.24) is 15.1 Å². The van der Waals surface area contributed by atoms with Gasteiger partial charge in [-0.3, -0.25) is 4.90 Å². The Bertz CT molecular complexity index is 939. The number of halogens is 2. The minimum absolute atomic E-state index is 0.125. The van der Waals surface area contributed by atoms with Gasteiger partial charge in [0.1, 0.15) is 6.17 Å². The van der Waals surface area contributed by atoms with E-state index in [1.807, 2.05) is 18.2 Å². The van der Waals surface area contributed by atoms with Crippen LogP contribution in [0.4, 0.5) is 0 Å². The molecule has 0 bridgehead atoms. The smallest absolute Gasteiger partial charge is 0.126 e. The number of benzene rings is 2. The molecule has 1 unspecified atom stereocenters. The summed E-state index contributed by atoms with van der Waals surface area (Å²) in [5.41, 5.74) is 6.70. The molecule has 2 atom stereocenters. The lowest BCUT2D eigenvalue weighted by Crippen LogP contribution is -2.44. The van der Waals surface area contributed by atoms with Crippen LogP contribution in [0.2, 0.25) is 10.0 Å². The molecule has 0 aromatic heterocycles. The van der Waals surface area contributed by atoms with Crippen molar-refractivity contribution in [1.29, 1.82) is 0 Å². The first-order valence-corrected chi connectivity index (χ1v) is 10.8. The lowest BCUT2D eigenvalue weighted by Gasteiger charge is -2.39. The molecule has 0 amide bonds. The van der Waals surface area contributed by atoms with E-state index in [0.717, 1.165) is 48.0 Å². The lowest BCUT2D eigenvalue weighted by molar-refractivity contribution is 0.172. The number of likely N-dealkylation sites (N-methyl/N-ethyl adjacent to an activating group) is 1. The summed E-state index contributed by atoms with van der Waals surface area (Å²) in [6.07, 6.45) is 4.58. The zero-order chi connectivity index (χ0) is 19.3. The zero-order valence-corrected chi connectivity index (χ0v) is 17.6. The summed E-state index contributed by atoms with van der Waals surface area (Å²) < 4.78 is 0. The van der Waals surface area contributed by atoms with Crippen molar-refractivity contribution in [3.05, 3.63) is 80.6 Å². The standard InChI is InChI=1S/C23H25Cl2N3/c1-27-22-14-28(16-10-9-15-5-4-8-20(25)18(15)13-16)12-11-21(22)26-23(27)17-6-2-3-7-19(17)24/h2-8,16,23,26H,9-14H2,1H3/t16-,23?/m1/s1. The highest BCUT2D eigenvalue weighted by Crippen LogP contribution is 2.38. The molecule has 0 radical (unpaired) electrons. The van der Waals surface area contributed by atoms with Crippen LogP contribution in [0.5, 0.6) is 0 Å². The van der Waals surface area contributed by atoms with Crippen molar-refractivity contribution >= 4 is 23.2 Å². The molecule has 0 saturated carbocycles. The van der Waals surface area contributed by atoms with E-state index >= 15 is 0 Å². The predicted octanol–water partition coefficient (Wildman–Crippen LogP) is 5.00. The first kappa shape index (κ1) is 18.4. The fourth-order valence-corrected chi connectivity index (χ4v) is 5.51. The largest absolute Gasteiger partial charge is 0.363 e. The Labute approximate surface area is 176 Å². The van der Waals surface area contributed by atoms with Gasteiger partial charge in [-0.05, 0) is 42.5 Å². The molecule has 1 aliphatic carbocycles. The van der Waals surface area contributed by atoms with E-state index in [1.54, 1.807) is 0 Å². The number of nitrogens with one attached hydrogen (secondary N) is 1. The van der Waals surface area contributed by atoms with Crippen LogP contribution in [0, 0.1) is 0 Å². The molecule has 5 rings (SSSR count). The molecule has 1 N–H and O–H groups in total. The van der Waals surface area contributed by atoms with Gasteiger partial charge in [0, 0.05) is 59.6 Å². The van der Waals surface area contributed by atoms with Gasteiger partial charge in [0.2, 0.25) is 0 Å². The van der Waals surface area contributed by atoms with Crippen molar-refractivity contribution in [2.75, 3.05) is 20.1 Å². The maximum atomic E-state index is 6.50. The number of hydrogen-bond donors (Lipinski definition) is 1. The minimum atomic E-state index is 0.125. The second-order valence-corrected chi connectivity index (χ2v) is 8.91. The molecule has 146 valence electrons. The van der Waals surface area contributed by atoms with Gasteiger partial charge in [0.05, 0.1) is 0 Å². The topological polar surface area (TPSA) is 18.5 Å². The van der Waals surface area contributed by atoms with E-state index in [-0.39, 0.29) is 6.17 Å². The quantitative estimate of drug-likeness (QED) is 0.746. The van der Waals surface area contributed by atoms with E-state index in [4.69, 9.17) is 23.2 Å². The third kappa shape index (κ3) is 3.10. The Morgan fingerprint density at radius 1 is 1.00 bits per heavy atom. The maximum absolute atomic E-state index is 6.50. The van der Waals surface area contributed by atoms with Crippen LogP contribution in [0.15, 0.2) is 53.9 Å². The van der Waals surface area contributed by atoms with Crippen molar-refractivity contribution in [2.45, 2.75) is 37.9 Å².